The number of alkyl halides is 3. The van der Waals surface area contributed by atoms with Crippen LogP contribution in [0.15, 0.2) is 53.1 Å². The molecule has 3 rings (SSSR count). The lowest BCUT2D eigenvalue weighted by Crippen LogP contribution is -2.23. The quantitative estimate of drug-likeness (QED) is 0.606. The van der Waals surface area contributed by atoms with Crippen molar-refractivity contribution in [2.75, 3.05) is 11.9 Å². The van der Waals surface area contributed by atoms with E-state index in [-0.39, 0.29) is 24.2 Å². The van der Waals surface area contributed by atoms with Crippen molar-refractivity contribution < 1.29 is 22.5 Å². The Kier molecular flexibility index (Phi) is 6.16. The monoisotopic (exact) mass is 404 g/mol. The second-order valence-electron chi connectivity index (χ2n) is 6.28. The number of carbonyl (C=O) groups is 1. The van der Waals surface area contributed by atoms with Crippen LogP contribution in [0.1, 0.15) is 35.2 Å². The number of anilines is 1. The second kappa shape index (κ2) is 8.76. The van der Waals surface area contributed by atoms with Gasteiger partial charge in [-0.2, -0.15) is 18.2 Å². The van der Waals surface area contributed by atoms with Crippen LogP contribution >= 0.6 is 0 Å². The molecule has 0 spiro atoms. The van der Waals surface area contributed by atoms with E-state index in [1.54, 1.807) is 24.3 Å². The SMILES string of the molecule is CCCNC(=O)c1cccc(NCc2nc(-c3ccc(C(F)(F)F)cc3)no2)c1. The molecule has 3 aromatic rings. The molecular formula is C20H19F3N4O2. The first-order valence-corrected chi connectivity index (χ1v) is 8.99. The number of hydrogen-bond acceptors (Lipinski definition) is 5. The number of aromatic nitrogens is 2. The summed E-state index contributed by atoms with van der Waals surface area (Å²) in [6.07, 6.45) is -3.55. The summed E-state index contributed by atoms with van der Waals surface area (Å²) in [5, 5.41) is 9.69. The number of benzene rings is 2. The van der Waals surface area contributed by atoms with Gasteiger partial charge in [-0.05, 0) is 36.8 Å². The van der Waals surface area contributed by atoms with Crippen LogP contribution in [0.5, 0.6) is 0 Å². The predicted octanol–water partition coefficient (Wildman–Crippen LogP) is 4.51. The van der Waals surface area contributed by atoms with E-state index in [1.165, 1.54) is 12.1 Å². The van der Waals surface area contributed by atoms with Gasteiger partial charge in [-0.15, -0.1) is 0 Å². The Morgan fingerprint density at radius 2 is 1.90 bits per heavy atom. The van der Waals surface area contributed by atoms with Crippen LogP contribution < -0.4 is 10.6 Å². The van der Waals surface area contributed by atoms with E-state index in [4.69, 9.17) is 4.52 Å². The highest BCUT2D eigenvalue weighted by Gasteiger charge is 2.30. The highest BCUT2D eigenvalue weighted by Crippen LogP contribution is 2.30. The van der Waals surface area contributed by atoms with Crippen molar-refractivity contribution in [2.45, 2.75) is 26.1 Å². The summed E-state index contributed by atoms with van der Waals surface area (Å²) in [6.45, 7) is 2.78. The average Bonchev–Trinajstić information content (AvgIpc) is 3.19. The topological polar surface area (TPSA) is 80.0 Å². The normalized spacial score (nSPS) is 11.3. The molecule has 1 aromatic heterocycles. The first kappa shape index (κ1) is 20.4. The van der Waals surface area contributed by atoms with E-state index in [9.17, 15) is 18.0 Å². The Bertz CT molecular complexity index is 968. The summed E-state index contributed by atoms with van der Waals surface area (Å²) in [5.41, 5.74) is 0.903. The van der Waals surface area contributed by atoms with Gasteiger partial charge < -0.3 is 15.2 Å². The van der Waals surface area contributed by atoms with Crippen LogP contribution in [0.4, 0.5) is 18.9 Å². The Morgan fingerprint density at radius 3 is 2.59 bits per heavy atom. The lowest BCUT2D eigenvalue weighted by Gasteiger charge is -2.07. The Morgan fingerprint density at radius 1 is 1.14 bits per heavy atom. The molecule has 0 radical (unpaired) electrons. The van der Waals surface area contributed by atoms with Gasteiger partial charge in [-0.25, -0.2) is 0 Å². The summed E-state index contributed by atoms with van der Waals surface area (Å²) < 4.78 is 43.1. The summed E-state index contributed by atoms with van der Waals surface area (Å²) in [6, 6.07) is 11.5. The van der Waals surface area contributed by atoms with E-state index in [0.29, 0.717) is 23.4 Å². The van der Waals surface area contributed by atoms with E-state index >= 15 is 0 Å². The zero-order valence-electron chi connectivity index (χ0n) is 15.6. The van der Waals surface area contributed by atoms with Gasteiger partial charge in [-0.1, -0.05) is 30.3 Å². The van der Waals surface area contributed by atoms with Gasteiger partial charge in [0.25, 0.3) is 5.91 Å². The number of nitrogens with one attached hydrogen (secondary N) is 2. The Hall–Kier alpha value is -3.36. The molecule has 0 atom stereocenters. The molecule has 0 aliphatic carbocycles. The van der Waals surface area contributed by atoms with Gasteiger partial charge in [-0.3, -0.25) is 4.79 Å². The maximum atomic E-state index is 12.6. The van der Waals surface area contributed by atoms with E-state index in [2.05, 4.69) is 20.8 Å². The van der Waals surface area contributed by atoms with Crippen molar-refractivity contribution in [3.63, 3.8) is 0 Å². The smallest absolute Gasteiger partial charge is 0.376 e. The number of nitrogens with zero attached hydrogens (tertiary/aromatic N) is 2. The third kappa shape index (κ3) is 5.34. The summed E-state index contributed by atoms with van der Waals surface area (Å²) in [5.74, 6) is 0.307. The third-order valence-corrected chi connectivity index (χ3v) is 4.04. The molecule has 1 amide bonds. The molecule has 2 N–H and O–H groups in total. The van der Waals surface area contributed by atoms with Crippen molar-refractivity contribution in [2.24, 2.45) is 0 Å². The Balaban J connectivity index is 1.63. The van der Waals surface area contributed by atoms with Crippen molar-refractivity contribution >= 4 is 11.6 Å². The summed E-state index contributed by atoms with van der Waals surface area (Å²) in [4.78, 5) is 16.2. The van der Waals surface area contributed by atoms with Gasteiger partial charge >= 0.3 is 6.18 Å². The zero-order chi connectivity index (χ0) is 20.9. The fourth-order valence-corrected chi connectivity index (χ4v) is 2.54. The van der Waals surface area contributed by atoms with E-state index < -0.39 is 11.7 Å². The van der Waals surface area contributed by atoms with Gasteiger partial charge in [0.1, 0.15) is 0 Å². The number of halogens is 3. The third-order valence-electron chi connectivity index (χ3n) is 4.04. The van der Waals surface area contributed by atoms with E-state index in [1.807, 2.05) is 6.92 Å². The molecule has 0 saturated carbocycles. The number of hydrogen-bond donors (Lipinski definition) is 2. The van der Waals surface area contributed by atoms with Crippen LogP contribution in [0.25, 0.3) is 11.4 Å². The fraction of sp³-hybridized carbons (Fsp3) is 0.250. The van der Waals surface area contributed by atoms with Crippen molar-refractivity contribution in [1.29, 1.82) is 0 Å². The summed E-state index contributed by atoms with van der Waals surface area (Å²) >= 11 is 0. The van der Waals surface area contributed by atoms with Gasteiger partial charge in [0.2, 0.25) is 11.7 Å². The molecule has 0 aliphatic rings. The molecule has 152 valence electrons. The predicted molar refractivity (Wildman–Crippen MR) is 101 cm³/mol. The minimum absolute atomic E-state index is 0.155. The average molecular weight is 404 g/mol. The van der Waals surface area contributed by atoms with Crippen LogP contribution in [0, 0.1) is 0 Å². The van der Waals surface area contributed by atoms with Crippen molar-refractivity contribution in [3.05, 3.63) is 65.5 Å². The van der Waals surface area contributed by atoms with Crippen molar-refractivity contribution in [1.82, 2.24) is 15.5 Å². The molecule has 0 fully saturated rings. The first-order chi connectivity index (χ1) is 13.9. The van der Waals surface area contributed by atoms with Crippen LogP contribution in [-0.4, -0.2) is 22.6 Å². The lowest BCUT2D eigenvalue weighted by atomic mass is 10.1. The minimum Gasteiger partial charge on any atom is -0.376 e. The lowest BCUT2D eigenvalue weighted by molar-refractivity contribution is -0.137. The maximum Gasteiger partial charge on any atom is 0.416 e. The van der Waals surface area contributed by atoms with Crippen LogP contribution in [0.2, 0.25) is 0 Å². The summed E-state index contributed by atoms with van der Waals surface area (Å²) in [7, 11) is 0. The zero-order valence-corrected chi connectivity index (χ0v) is 15.6. The first-order valence-electron chi connectivity index (χ1n) is 8.99. The second-order valence-corrected chi connectivity index (χ2v) is 6.28. The van der Waals surface area contributed by atoms with E-state index in [0.717, 1.165) is 18.6 Å². The maximum absolute atomic E-state index is 12.6. The number of amides is 1. The number of rotatable bonds is 7. The molecule has 6 nitrogen and oxygen atoms in total. The molecule has 0 bridgehead atoms. The largest absolute Gasteiger partial charge is 0.416 e. The minimum atomic E-state index is -4.40. The molecule has 0 aliphatic heterocycles. The van der Waals surface area contributed by atoms with Crippen LogP contribution in [0.3, 0.4) is 0 Å². The molecule has 1 heterocycles. The standard InChI is InChI=1S/C20H19F3N4O2/c1-2-10-24-19(28)14-4-3-5-16(11-14)25-12-17-26-18(27-29-17)13-6-8-15(9-7-13)20(21,22)23/h3-9,11,25H,2,10,12H2,1H3,(H,24,28). The molecule has 0 saturated heterocycles. The molecule has 9 heteroatoms. The van der Waals surface area contributed by atoms with Gasteiger partial charge in [0.05, 0.1) is 12.1 Å². The molecule has 2 aromatic carbocycles. The van der Waals surface area contributed by atoms with Gasteiger partial charge in [0.15, 0.2) is 0 Å². The van der Waals surface area contributed by atoms with Gasteiger partial charge in [0, 0.05) is 23.4 Å². The Labute approximate surface area is 165 Å². The highest BCUT2D eigenvalue weighted by atomic mass is 19.4. The highest BCUT2D eigenvalue weighted by molar-refractivity contribution is 5.95. The fourth-order valence-electron chi connectivity index (χ4n) is 2.54. The molecule has 0 unspecified atom stereocenters. The number of carbonyl (C=O) groups excluding carboxylic acids is 1. The van der Waals surface area contributed by atoms with Crippen molar-refractivity contribution in [3.8, 4) is 11.4 Å². The molecule has 29 heavy (non-hydrogen) atoms. The van der Waals surface area contributed by atoms with Crippen LogP contribution in [-0.2, 0) is 12.7 Å². The molecular weight excluding hydrogens is 385 g/mol.